The van der Waals surface area contributed by atoms with Gasteiger partial charge in [-0.25, -0.2) is 0 Å². The molecule has 3 atom stereocenters. The van der Waals surface area contributed by atoms with E-state index in [9.17, 15) is 4.21 Å². The van der Waals surface area contributed by atoms with E-state index in [1.807, 2.05) is 6.92 Å². The van der Waals surface area contributed by atoms with Gasteiger partial charge in [-0.3, -0.25) is 9.20 Å². The highest BCUT2D eigenvalue weighted by Gasteiger charge is 2.25. The van der Waals surface area contributed by atoms with Gasteiger partial charge in [0.25, 0.3) is 0 Å². The summed E-state index contributed by atoms with van der Waals surface area (Å²) in [7, 11) is 1.49. The zero-order valence-corrected chi connectivity index (χ0v) is 17.0. The van der Waals surface area contributed by atoms with Crippen molar-refractivity contribution < 1.29 is 4.21 Å². The van der Waals surface area contributed by atoms with Crippen molar-refractivity contribution in [3.8, 4) is 0 Å². The van der Waals surface area contributed by atoms with Crippen molar-refractivity contribution in [1.29, 1.82) is 0 Å². The van der Waals surface area contributed by atoms with Gasteiger partial charge in [-0.15, -0.1) is 0 Å². The Balaban J connectivity index is 2.46. The fourth-order valence-electron chi connectivity index (χ4n) is 3.14. The van der Waals surface area contributed by atoms with E-state index in [1.54, 1.807) is 0 Å². The number of hydrogen-bond acceptors (Lipinski definition) is 3. The summed E-state index contributed by atoms with van der Waals surface area (Å²) in [4.78, 5) is 7.07. The van der Waals surface area contributed by atoms with Crippen LogP contribution in [0.3, 0.4) is 0 Å². The molecular weight excluding hydrogens is 320 g/mol. The molecule has 0 heterocycles. The number of rotatable bonds is 10. The van der Waals surface area contributed by atoms with Crippen LogP contribution in [0.15, 0.2) is 4.99 Å². The van der Waals surface area contributed by atoms with E-state index >= 15 is 0 Å². The monoisotopic (exact) mass is 358 g/mol. The first kappa shape index (κ1) is 21.4. The third-order valence-electron chi connectivity index (χ3n) is 4.61. The summed E-state index contributed by atoms with van der Waals surface area (Å²) < 4.78 is 12.1. The Bertz CT molecular complexity index is 389. The molecule has 5 nitrogen and oxygen atoms in total. The van der Waals surface area contributed by atoms with Crippen molar-refractivity contribution in [2.45, 2.75) is 70.6 Å². The van der Waals surface area contributed by atoms with E-state index in [2.05, 4.69) is 36.4 Å². The molecule has 24 heavy (non-hydrogen) atoms. The molecule has 1 aliphatic carbocycles. The van der Waals surface area contributed by atoms with Crippen molar-refractivity contribution >= 4 is 16.8 Å². The predicted octanol–water partition coefficient (Wildman–Crippen LogP) is 2.35. The van der Waals surface area contributed by atoms with Crippen LogP contribution in [0.1, 0.15) is 59.3 Å². The van der Waals surface area contributed by atoms with Crippen LogP contribution in [0.5, 0.6) is 0 Å². The molecule has 1 rings (SSSR count). The lowest BCUT2D eigenvalue weighted by Crippen LogP contribution is -2.46. The molecule has 1 aliphatic rings. The third kappa shape index (κ3) is 8.47. The summed E-state index contributed by atoms with van der Waals surface area (Å²) in [6.07, 6.45) is 6.90. The first-order chi connectivity index (χ1) is 11.6. The highest BCUT2D eigenvalue weighted by Crippen LogP contribution is 2.22. The number of guanidine groups is 1. The Kier molecular flexibility index (Phi) is 11.3. The molecule has 0 aliphatic heterocycles. The first-order valence-corrected chi connectivity index (χ1v) is 11.1. The Morgan fingerprint density at radius 3 is 2.71 bits per heavy atom. The van der Waals surface area contributed by atoms with Crippen LogP contribution in [0, 0.1) is 0 Å². The Hall–Kier alpha value is -0.620. The second-order valence-corrected chi connectivity index (χ2v) is 8.72. The SMILES string of the molecule is CCCCN(C)CCN=C(NCC)NC1CCCC(S(=O)CC)C1. The third-order valence-corrected chi connectivity index (χ3v) is 6.35. The quantitative estimate of drug-likeness (QED) is 0.465. The minimum Gasteiger partial charge on any atom is -0.357 e. The molecule has 0 aromatic rings. The lowest BCUT2D eigenvalue weighted by Gasteiger charge is -2.30. The molecule has 0 spiro atoms. The number of nitrogens with zero attached hydrogens (tertiary/aromatic N) is 2. The van der Waals surface area contributed by atoms with E-state index < -0.39 is 10.8 Å². The fraction of sp³-hybridized carbons (Fsp3) is 0.944. The Morgan fingerprint density at radius 1 is 1.25 bits per heavy atom. The topological polar surface area (TPSA) is 56.7 Å². The molecule has 0 radical (unpaired) electrons. The minimum atomic E-state index is -0.675. The molecule has 3 unspecified atom stereocenters. The molecule has 0 saturated heterocycles. The smallest absolute Gasteiger partial charge is 0.191 e. The van der Waals surface area contributed by atoms with Gasteiger partial charge in [-0.2, -0.15) is 0 Å². The summed E-state index contributed by atoms with van der Waals surface area (Å²) >= 11 is 0. The van der Waals surface area contributed by atoms with Gasteiger partial charge in [0.15, 0.2) is 5.96 Å². The lowest BCUT2D eigenvalue weighted by atomic mass is 9.95. The van der Waals surface area contributed by atoms with Crippen LogP contribution >= 0.6 is 0 Å². The van der Waals surface area contributed by atoms with Gasteiger partial charge in [0.2, 0.25) is 0 Å². The summed E-state index contributed by atoms with van der Waals surface area (Å²) in [6.45, 7) is 10.2. The van der Waals surface area contributed by atoms with Crippen LogP contribution < -0.4 is 10.6 Å². The first-order valence-electron chi connectivity index (χ1n) is 9.71. The van der Waals surface area contributed by atoms with Crippen molar-refractivity contribution in [3.05, 3.63) is 0 Å². The van der Waals surface area contributed by atoms with Crippen molar-refractivity contribution in [1.82, 2.24) is 15.5 Å². The fourth-order valence-corrected chi connectivity index (χ4v) is 4.48. The molecule has 0 aromatic carbocycles. The molecule has 0 aromatic heterocycles. The molecular formula is C18H38N4OS. The van der Waals surface area contributed by atoms with E-state index in [1.165, 1.54) is 12.8 Å². The highest BCUT2D eigenvalue weighted by molar-refractivity contribution is 7.85. The van der Waals surface area contributed by atoms with E-state index in [-0.39, 0.29) is 0 Å². The molecule has 142 valence electrons. The molecule has 1 saturated carbocycles. The number of likely N-dealkylation sites (N-methyl/N-ethyl adjacent to an activating group) is 1. The summed E-state index contributed by atoms with van der Waals surface area (Å²) in [6, 6.07) is 0.398. The highest BCUT2D eigenvalue weighted by atomic mass is 32.2. The van der Waals surface area contributed by atoms with Crippen LogP contribution in [0.2, 0.25) is 0 Å². The van der Waals surface area contributed by atoms with Gasteiger partial charge in [0.05, 0.1) is 6.54 Å². The largest absolute Gasteiger partial charge is 0.357 e. The van der Waals surface area contributed by atoms with E-state index in [0.29, 0.717) is 11.3 Å². The van der Waals surface area contributed by atoms with Gasteiger partial charge < -0.3 is 15.5 Å². The number of unbranched alkanes of at least 4 members (excludes halogenated alkanes) is 1. The van der Waals surface area contributed by atoms with Gasteiger partial charge in [0, 0.05) is 40.9 Å². The van der Waals surface area contributed by atoms with Crippen LogP contribution in [0.25, 0.3) is 0 Å². The lowest BCUT2D eigenvalue weighted by molar-refractivity contribution is 0.337. The molecule has 0 amide bonds. The second-order valence-electron chi connectivity index (χ2n) is 6.72. The molecule has 6 heteroatoms. The standard InChI is InChI=1S/C18H38N4OS/c1-5-8-13-22(4)14-12-20-18(19-6-2)21-16-10-9-11-17(15-16)24(23)7-3/h16-17H,5-15H2,1-4H3,(H2,19,20,21). The number of aliphatic imine (C=N–C) groups is 1. The maximum absolute atomic E-state index is 12.1. The summed E-state index contributed by atoms with van der Waals surface area (Å²) in [5.74, 6) is 1.68. The number of nitrogens with one attached hydrogen (secondary N) is 2. The van der Waals surface area contributed by atoms with Crippen molar-refractivity contribution in [2.75, 3.05) is 39.0 Å². The van der Waals surface area contributed by atoms with Crippen LogP contribution in [-0.2, 0) is 10.8 Å². The van der Waals surface area contributed by atoms with Crippen LogP contribution in [-0.4, -0.2) is 65.3 Å². The molecule has 1 fully saturated rings. The second kappa shape index (κ2) is 12.7. The molecule has 0 bridgehead atoms. The Labute approximate surface area is 151 Å². The van der Waals surface area contributed by atoms with Gasteiger partial charge >= 0.3 is 0 Å². The van der Waals surface area contributed by atoms with E-state index in [0.717, 1.165) is 63.6 Å². The van der Waals surface area contributed by atoms with Crippen molar-refractivity contribution in [3.63, 3.8) is 0 Å². The maximum Gasteiger partial charge on any atom is 0.191 e. The maximum atomic E-state index is 12.1. The average molecular weight is 359 g/mol. The summed E-state index contributed by atoms with van der Waals surface area (Å²) in [5, 5.41) is 7.27. The zero-order valence-electron chi connectivity index (χ0n) is 16.1. The number of hydrogen-bond donors (Lipinski definition) is 2. The molecule has 2 N–H and O–H groups in total. The van der Waals surface area contributed by atoms with Gasteiger partial charge in [0.1, 0.15) is 0 Å². The van der Waals surface area contributed by atoms with Crippen molar-refractivity contribution in [2.24, 2.45) is 4.99 Å². The predicted molar refractivity (Wildman–Crippen MR) is 106 cm³/mol. The van der Waals surface area contributed by atoms with Crippen LogP contribution in [0.4, 0.5) is 0 Å². The Morgan fingerprint density at radius 2 is 2.04 bits per heavy atom. The average Bonchev–Trinajstić information content (AvgIpc) is 2.59. The van der Waals surface area contributed by atoms with Gasteiger partial charge in [-0.1, -0.05) is 26.7 Å². The summed E-state index contributed by atoms with van der Waals surface area (Å²) in [5.41, 5.74) is 0. The normalized spacial score (nSPS) is 23.3. The van der Waals surface area contributed by atoms with Gasteiger partial charge in [-0.05, 0) is 46.2 Å². The zero-order chi connectivity index (χ0) is 17.8. The minimum absolute atomic E-state index is 0.351. The van der Waals surface area contributed by atoms with E-state index in [4.69, 9.17) is 4.99 Å².